The molecule has 0 unspecified atom stereocenters. The topological polar surface area (TPSA) is 94.0 Å². The fraction of sp³-hybridized carbons (Fsp3) is 0.0870. The van der Waals surface area contributed by atoms with Crippen LogP contribution in [0.1, 0.15) is 28.8 Å². The summed E-state index contributed by atoms with van der Waals surface area (Å²) in [6.45, 7) is 1.81. The third-order valence-electron chi connectivity index (χ3n) is 4.37. The zero-order valence-electron chi connectivity index (χ0n) is 16.1. The van der Waals surface area contributed by atoms with Gasteiger partial charge in [0.1, 0.15) is 23.7 Å². The predicted molar refractivity (Wildman–Crippen MR) is 112 cm³/mol. The summed E-state index contributed by atoms with van der Waals surface area (Å²) in [5, 5.41) is 4.77. The first kappa shape index (κ1) is 19.2. The molecule has 2 aromatic heterocycles. The minimum atomic E-state index is -0.537. The number of para-hydroxylation sites is 2. The molecule has 0 saturated carbocycles. The molecule has 150 valence electrons. The Morgan fingerprint density at radius 1 is 1.00 bits per heavy atom. The van der Waals surface area contributed by atoms with Crippen molar-refractivity contribution in [2.24, 2.45) is 5.10 Å². The maximum absolute atomic E-state index is 12.3. The highest BCUT2D eigenvalue weighted by molar-refractivity contribution is 6.01. The second-order valence-electron chi connectivity index (χ2n) is 6.49. The standard InChI is InChI=1S/C23H18N2O5/c1-15(19-13-16-7-5-6-10-20(16)30-23(19)27)24-25-22(26)21-12-11-18(29-21)14-28-17-8-3-2-4-9-17/h2-13H,14H2,1H3,(H,25,26)/b24-15-. The summed E-state index contributed by atoms with van der Waals surface area (Å²) in [6, 6.07) is 21.3. The Hall–Kier alpha value is -4.13. The first-order valence-electron chi connectivity index (χ1n) is 9.24. The zero-order chi connectivity index (χ0) is 20.9. The van der Waals surface area contributed by atoms with Crippen LogP contribution in [0.2, 0.25) is 0 Å². The lowest BCUT2D eigenvalue weighted by Gasteiger charge is -2.03. The Balaban J connectivity index is 1.43. The van der Waals surface area contributed by atoms with E-state index in [1.54, 1.807) is 31.2 Å². The van der Waals surface area contributed by atoms with Crippen molar-refractivity contribution in [3.63, 3.8) is 0 Å². The summed E-state index contributed by atoms with van der Waals surface area (Å²) < 4.78 is 16.4. The van der Waals surface area contributed by atoms with E-state index in [1.165, 1.54) is 6.07 Å². The van der Waals surface area contributed by atoms with Crippen molar-refractivity contribution in [2.75, 3.05) is 0 Å². The number of nitrogens with zero attached hydrogens (tertiary/aromatic N) is 1. The number of carbonyl (C=O) groups is 1. The van der Waals surface area contributed by atoms with Gasteiger partial charge < -0.3 is 13.6 Å². The van der Waals surface area contributed by atoms with Gasteiger partial charge in [-0.15, -0.1) is 0 Å². The molecule has 7 heteroatoms. The lowest BCUT2D eigenvalue weighted by atomic mass is 10.1. The molecule has 0 radical (unpaired) electrons. The van der Waals surface area contributed by atoms with Gasteiger partial charge in [-0.25, -0.2) is 10.2 Å². The highest BCUT2D eigenvalue weighted by Crippen LogP contribution is 2.15. The molecule has 4 rings (SSSR count). The molecule has 2 aromatic carbocycles. The van der Waals surface area contributed by atoms with Crippen molar-refractivity contribution in [3.05, 3.63) is 100 Å². The number of nitrogens with one attached hydrogen (secondary N) is 1. The average Bonchev–Trinajstić information content (AvgIpc) is 3.25. The Morgan fingerprint density at radius 3 is 2.60 bits per heavy atom. The number of amides is 1. The minimum absolute atomic E-state index is 0.0868. The van der Waals surface area contributed by atoms with E-state index in [4.69, 9.17) is 13.6 Å². The molecule has 0 aliphatic heterocycles. The maximum atomic E-state index is 12.3. The van der Waals surface area contributed by atoms with Crippen molar-refractivity contribution in [1.29, 1.82) is 0 Å². The Kier molecular flexibility index (Phi) is 5.43. The number of benzene rings is 2. The van der Waals surface area contributed by atoms with E-state index in [0.29, 0.717) is 22.8 Å². The van der Waals surface area contributed by atoms with Gasteiger partial charge in [0.2, 0.25) is 0 Å². The molecule has 0 atom stereocenters. The van der Waals surface area contributed by atoms with Gasteiger partial charge in [0.05, 0.1) is 11.3 Å². The van der Waals surface area contributed by atoms with Crippen molar-refractivity contribution in [1.82, 2.24) is 5.43 Å². The third kappa shape index (κ3) is 4.30. The largest absolute Gasteiger partial charge is 0.486 e. The molecule has 0 fully saturated rings. The van der Waals surface area contributed by atoms with E-state index in [2.05, 4.69) is 10.5 Å². The Morgan fingerprint density at radius 2 is 1.77 bits per heavy atom. The van der Waals surface area contributed by atoms with E-state index in [0.717, 1.165) is 5.39 Å². The van der Waals surface area contributed by atoms with Crippen LogP contribution in [0.25, 0.3) is 11.0 Å². The molecule has 7 nitrogen and oxygen atoms in total. The SMILES string of the molecule is C/C(=N/NC(=O)c1ccc(COc2ccccc2)o1)c1cc2ccccc2oc1=O. The highest BCUT2D eigenvalue weighted by Gasteiger charge is 2.13. The van der Waals surface area contributed by atoms with Crippen LogP contribution >= 0.6 is 0 Å². The quantitative estimate of drug-likeness (QED) is 0.297. The average molecular weight is 402 g/mol. The molecule has 0 saturated heterocycles. The number of furan rings is 1. The molecule has 0 aliphatic rings. The molecule has 4 aromatic rings. The number of hydrogen-bond acceptors (Lipinski definition) is 6. The lowest BCUT2D eigenvalue weighted by Crippen LogP contribution is -2.21. The van der Waals surface area contributed by atoms with Crippen LogP contribution in [-0.2, 0) is 6.61 Å². The second kappa shape index (κ2) is 8.48. The molecular weight excluding hydrogens is 384 g/mol. The van der Waals surface area contributed by atoms with Gasteiger partial charge in [-0.05, 0) is 43.3 Å². The number of ether oxygens (including phenoxy) is 1. The van der Waals surface area contributed by atoms with E-state index >= 15 is 0 Å². The second-order valence-corrected chi connectivity index (χ2v) is 6.49. The molecule has 2 heterocycles. The molecule has 1 amide bonds. The third-order valence-corrected chi connectivity index (χ3v) is 4.37. The van der Waals surface area contributed by atoms with Gasteiger partial charge in [-0.2, -0.15) is 5.10 Å². The summed E-state index contributed by atoms with van der Waals surface area (Å²) >= 11 is 0. The van der Waals surface area contributed by atoms with Gasteiger partial charge in [-0.3, -0.25) is 4.79 Å². The number of rotatable bonds is 6. The minimum Gasteiger partial charge on any atom is -0.486 e. The van der Waals surface area contributed by atoms with E-state index in [-0.39, 0.29) is 17.9 Å². The number of fused-ring (bicyclic) bond motifs is 1. The molecule has 0 aliphatic carbocycles. The van der Waals surface area contributed by atoms with Crippen LogP contribution < -0.4 is 15.8 Å². The van der Waals surface area contributed by atoms with Crippen LogP contribution in [-0.4, -0.2) is 11.6 Å². The molecule has 0 spiro atoms. The van der Waals surface area contributed by atoms with Gasteiger partial charge >= 0.3 is 11.5 Å². The zero-order valence-corrected chi connectivity index (χ0v) is 16.1. The molecule has 30 heavy (non-hydrogen) atoms. The van der Waals surface area contributed by atoms with Crippen molar-refractivity contribution in [2.45, 2.75) is 13.5 Å². The summed E-state index contributed by atoms with van der Waals surface area (Å²) in [5.41, 5.74) is 2.95. The Labute approximate surface area is 171 Å². The normalized spacial score (nSPS) is 11.4. The van der Waals surface area contributed by atoms with Gasteiger partial charge in [0.15, 0.2) is 5.76 Å². The summed E-state index contributed by atoms with van der Waals surface area (Å²) in [5.74, 6) is 0.753. The molecule has 1 N–H and O–H groups in total. The fourth-order valence-corrected chi connectivity index (χ4v) is 2.81. The van der Waals surface area contributed by atoms with Gasteiger partial charge in [0, 0.05) is 5.39 Å². The lowest BCUT2D eigenvalue weighted by molar-refractivity contribution is 0.0923. The smallest absolute Gasteiger partial charge is 0.345 e. The number of hydrazone groups is 1. The number of hydrogen-bond donors (Lipinski definition) is 1. The monoisotopic (exact) mass is 402 g/mol. The van der Waals surface area contributed by atoms with Crippen LogP contribution in [0, 0.1) is 0 Å². The molecule has 0 bridgehead atoms. The first-order chi connectivity index (χ1) is 14.6. The molecular formula is C23H18N2O5. The fourth-order valence-electron chi connectivity index (χ4n) is 2.81. The summed E-state index contributed by atoms with van der Waals surface area (Å²) in [4.78, 5) is 24.5. The summed E-state index contributed by atoms with van der Waals surface area (Å²) in [7, 11) is 0. The van der Waals surface area contributed by atoms with Crippen LogP contribution in [0.3, 0.4) is 0 Å². The van der Waals surface area contributed by atoms with Crippen molar-refractivity contribution < 1.29 is 18.4 Å². The van der Waals surface area contributed by atoms with Crippen LogP contribution in [0.15, 0.2) is 91.5 Å². The predicted octanol–water partition coefficient (Wildman–Crippen LogP) is 4.12. The van der Waals surface area contributed by atoms with Gasteiger partial charge in [0.25, 0.3) is 0 Å². The van der Waals surface area contributed by atoms with Crippen molar-refractivity contribution >= 4 is 22.6 Å². The Bertz CT molecular complexity index is 1270. The van der Waals surface area contributed by atoms with Crippen LogP contribution in [0.5, 0.6) is 5.75 Å². The first-order valence-corrected chi connectivity index (χ1v) is 9.24. The summed E-state index contributed by atoms with van der Waals surface area (Å²) in [6.07, 6.45) is 0. The van der Waals surface area contributed by atoms with E-state index in [1.807, 2.05) is 42.5 Å². The van der Waals surface area contributed by atoms with Crippen LogP contribution in [0.4, 0.5) is 0 Å². The highest BCUT2D eigenvalue weighted by atomic mass is 16.5. The maximum Gasteiger partial charge on any atom is 0.345 e. The van der Waals surface area contributed by atoms with Crippen molar-refractivity contribution in [3.8, 4) is 5.75 Å². The van der Waals surface area contributed by atoms with Gasteiger partial charge in [-0.1, -0.05) is 36.4 Å². The van der Waals surface area contributed by atoms with E-state index < -0.39 is 11.5 Å². The number of carbonyl (C=O) groups excluding carboxylic acids is 1. The van der Waals surface area contributed by atoms with E-state index in [9.17, 15) is 9.59 Å².